The lowest BCUT2D eigenvalue weighted by Gasteiger charge is -2.06. The Morgan fingerprint density at radius 1 is 1.35 bits per heavy atom. The van der Waals surface area contributed by atoms with Gasteiger partial charge in [0.2, 0.25) is 0 Å². The van der Waals surface area contributed by atoms with Crippen LogP contribution in [0.1, 0.15) is 24.5 Å². The van der Waals surface area contributed by atoms with Gasteiger partial charge in [-0.25, -0.2) is 9.97 Å². The summed E-state index contributed by atoms with van der Waals surface area (Å²) in [7, 11) is 0. The molecule has 0 radical (unpaired) electrons. The monoisotopic (exact) mass is 251 g/mol. The molecule has 0 atom stereocenters. The number of nitrogens with one attached hydrogen (secondary N) is 1. The molecule has 92 valence electrons. The molecule has 0 saturated heterocycles. The molecule has 0 aromatic carbocycles. The number of hydrogen-bond donors (Lipinski definition) is 1. The molecule has 0 fully saturated rings. The molecule has 0 bridgehead atoms. The molecule has 2 aromatic rings. The van der Waals surface area contributed by atoms with Crippen LogP contribution in [0.3, 0.4) is 0 Å². The minimum atomic E-state index is 0.474. The average molecular weight is 251 g/mol. The maximum Gasteiger partial charge on any atom is 0.158 e. The normalized spacial score (nSPS) is 11.0. The molecule has 1 N–H and O–H groups in total. The molecule has 17 heavy (non-hydrogen) atoms. The van der Waals surface area contributed by atoms with Gasteiger partial charge in [-0.15, -0.1) is 11.3 Å². The standard InChI is InChI=1S/C12H17N3OS/c1-4-13-11-9-6-8(3)17-12(9)15-10(14-11)7-16-5-2/h6H,4-5,7H2,1-3H3,(H,13,14,15). The Morgan fingerprint density at radius 2 is 2.18 bits per heavy atom. The number of fused-ring (bicyclic) bond motifs is 1. The number of aryl methyl sites for hydroxylation is 1. The summed E-state index contributed by atoms with van der Waals surface area (Å²) in [5, 5.41) is 4.39. The van der Waals surface area contributed by atoms with Crippen molar-refractivity contribution in [2.75, 3.05) is 18.5 Å². The third kappa shape index (κ3) is 2.73. The number of hydrogen-bond acceptors (Lipinski definition) is 5. The highest BCUT2D eigenvalue weighted by molar-refractivity contribution is 7.18. The second-order valence-electron chi connectivity index (χ2n) is 3.73. The van der Waals surface area contributed by atoms with Crippen LogP contribution in [0.4, 0.5) is 5.82 Å². The fourth-order valence-corrected chi connectivity index (χ4v) is 2.54. The van der Waals surface area contributed by atoms with Gasteiger partial charge in [0.25, 0.3) is 0 Å². The highest BCUT2D eigenvalue weighted by Gasteiger charge is 2.09. The zero-order chi connectivity index (χ0) is 12.3. The second kappa shape index (κ2) is 5.42. The van der Waals surface area contributed by atoms with Crippen molar-refractivity contribution in [1.29, 1.82) is 0 Å². The van der Waals surface area contributed by atoms with Gasteiger partial charge >= 0.3 is 0 Å². The molecule has 0 aliphatic rings. The van der Waals surface area contributed by atoms with E-state index in [1.165, 1.54) is 4.88 Å². The molecule has 0 aliphatic heterocycles. The van der Waals surface area contributed by atoms with Crippen molar-refractivity contribution in [3.05, 3.63) is 16.8 Å². The van der Waals surface area contributed by atoms with E-state index in [1.807, 2.05) is 6.92 Å². The Morgan fingerprint density at radius 3 is 2.88 bits per heavy atom. The van der Waals surface area contributed by atoms with Crippen molar-refractivity contribution in [3.63, 3.8) is 0 Å². The first kappa shape index (κ1) is 12.3. The largest absolute Gasteiger partial charge is 0.374 e. The van der Waals surface area contributed by atoms with Crippen molar-refractivity contribution < 1.29 is 4.74 Å². The summed E-state index contributed by atoms with van der Waals surface area (Å²) in [6, 6.07) is 2.13. The van der Waals surface area contributed by atoms with Crippen LogP contribution < -0.4 is 5.32 Å². The maximum absolute atomic E-state index is 5.36. The van der Waals surface area contributed by atoms with E-state index in [4.69, 9.17) is 4.74 Å². The summed E-state index contributed by atoms with van der Waals surface area (Å²) in [5.41, 5.74) is 0. The van der Waals surface area contributed by atoms with Gasteiger partial charge in [-0.2, -0.15) is 0 Å². The smallest absolute Gasteiger partial charge is 0.158 e. The van der Waals surface area contributed by atoms with Gasteiger partial charge in [0.15, 0.2) is 5.82 Å². The number of aromatic nitrogens is 2. The Balaban J connectivity index is 2.42. The Hall–Kier alpha value is -1.20. The topological polar surface area (TPSA) is 47.0 Å². The SMILES string of the molecule is CCNc1nc(COCC)nc2sc(C)cc12. The third-order valence-electron chi connectivity index (χ3n) is 2.34. The molecule has 5 heteroatoms. The van der Waals surface area contributed by atoms with Gasteiger partial charge in [0.05, 0.1) is 5.39 Å². The summed E-state index contributed by atoms with van der Waals surface area (Å²) in [6.07, 6.45) is 0. The molecule has 0 aliphatic carbocycles. The molecule has 0 spiro atoms. The number of anilines is 1. The van der Waals surface area contributed by atoms with Crippen LogP contribution >= 0.6 is 11.3 Å². The van der Waals surface area contributed by atoms with Crippen LogP contribution in [0.15, 0.2) is 6.07 Å². The molecule has 2 aromatic heterocycles. The lowest BCUT2D eigenvalue weighted by molar-refractivity contribution is 0.128. The average Bonchev–Trinajstić information content (AvgIpc) is 2.67. The fourth-order valence-electron chi connectivity index (χ4n) is 1.65. The van der Waals surface area contributed by atoms with Gasteiger partial charge in [-0.05, 0) is 26.8 Å². The predicted octanol–water partition coefficient (Wildman–Crippen LogP) is 2.97. The summed E-state index contributed by atoms with van der Waals surface area (Å²) in [6.45, 7) is 8.14. The van der Waals surface area contributed by atoms with E-state index in [9.17, 15) is 0 Å². The minimum Gasteiger partial charge on any atom is -0.374 e. The molecule has 0 saturated carbocycles. The lowest BCUT2D eigenvalue weighted by atomic mass is 10.3. The third-order valence-corrected chi connectivity index (χ3v) is 3.29. The Bertz CT molecular complexity index is 510. The zero-order valence-corrected chi connectivity index (χ0v) is 11.2. The maximum atomic E-state index is 5.36. The summed E-state index contributed by atoms with van der Waals surface area (Å²) >= 11 is 1.69. The van der Waals surface area contributed by atoms with E-state index in [2.05, 4.69) is 35.2 Å². The summed E-state index contributed by atoms with van der Waals surface area (Å²) in [4.78, 5) is 11.3. The van der Waals surface area contributed by atoms with Gasteiger partial charge in [-0.1, -0.05) is 0 Å². The van der Waals surface area contributed by atoms with Crippen molar-refractivity contribution >= 4 is 27.4 Å². The first-order valence-electron chi connectivity index (χ1n) is 5.83. The van der Waals surface area contributed by atoms with Crippen molar-refractivity contribution in [1.82, 2.24) is 9.97 Å². The van der Waals surface area contributed by atoms with Crippen LogP contribution in [0.5, 0.6) is 0 Å². The van der Waals surface area contributed by atoms with Gasteiger partial charge in [0, 0.05) is 18.0 Å². The number of nitrogens with zero attached hydrogens (tertiary/aromatic N) is 2. The molecule has 2 rings (SSSR count). The number of ether oxygens (including phenoxy) is 1. The molecular formula is C12H17N3OS. The van der Waals surface area contributed by atoms with Crippen molar-refractivity contribution in [2.24, 2.45) is 0 Å². The van der Waals surface area contributed by atoms with Crippen LogP contribution in [-0.4, -0.2) is 23.1 Å². The molecular weight excluding hydrogens is 234 g/mol. The van der Waals surface area contributed by atoms with E-state index >= 15 is 0 Å². The summed E-state index contributed by atoms with van der Waals surface area (Å²) in [5.74, 6) is 1.66. The van der Waals surface area contributed by atoms with E-state index < -0.39 is 0 Å². The first-order valence-corrected chi connectivity index (χ1v) is 6.65. The lowest BCUT2D eigenvalue weighted by Crippen LogP contribution is -2.05. The van der Waals surface area contributed by atoms with Crippen LogP contribution in [0.25, 0.3) is 10.2 Å². The molecule has 0 unspecified atom stereocenters. The van der Waals surface area contributed by atoms with Gasteiger partial charge in [0.1, 0.15) is 17.3 Å². The van der Waals surface area contributed by atoms with Crippen LogP contribution in [-0.2, 0) is 11.3 Å². The second-order valence-corrected chi connectivity index (χ2v) is 4.97. The van der Waals surface area contributed by atoms with E-state index in [-0.39, 0.29) is 0 Å². The van der Waals surface area contributed by atoms with Crippen LogP contribution in [0, 0.1) is 6.92 Å². The molecule has 4 nitrogen and oxygen atoms in total. The van der Waals surface area contributed by atoms with E-state index in [0.717, 1.165) is 28.4 Å². The number of rotatable bonds is 5. The Labute approximate surface area is 105 Å². The van der Waals surface area contributed by atoms with Gasteiger partial charge in [-0.3, -0.25) is 0 Å². The van der Waals surface area contributed by atoms with Gasteiger partial charge < -0.3 is 10.1 Å². The van der Waals surface area contributed by atoms with Crippen LogP contribution in [0.2, 0.25) is 0 Å². The fraction of sp³-hybridized carbons (Fsp3) is 0.500. The highest BCUT2D eigenvalue weighted by atomic mass is 32.1. The van der Waals surface area contributed by atoms with Crippen molar-refractivity contribution in [2.45, 2.75) is 27.4 Å². The van der Waals surface area contributed by atoms with E-state index in [1.54, 1.807) is 11.3 Å². The molecule has 2 heterocycles. The molecule has 0 amide bonds. The Kier molecular flexibility index (Phi) is 3.91. The zero-order valence-electron chi connectivity index (χ0n) is 10.4. The quantitative estimate of drug-likeness (QED) is 0.887. The predicted molar refractivity (Wildman–Crippen MR) is 71.6 cm³/mol. The van der Waals surface area contributed by atoms with Crippen molar-refractivity contribution in [3.8, 4) is 0 Å². The number of thiophene rings is 1. The van der Waals surface area contributed by atoms with E-state index in [0.29, 0.717) is 13.2 Å². The minimum absolute atomic E-state index is 0.474. The first-order chi connectivity index (χ1) is 8.24. The highest BCUT2D eigenvalue weighted by Crippen LogP contribution is 2.28. The summed E-state index contributed by atoms with van der Waals surface area (Å²) < 4.78 is 5.36.